The van der Waals surface area contributed by atoms with Gasteiger partial charge in [-0.05, 0) is 24.1 Å². The lowest BCUT2D eigenvalue weighted by molar-refractivity contribution is -0.118. The predicted octanol–water partition coefficient (Wildman–Crippen LogP) is 2.02. The summed E-state index contributed by atoms with van der Waals surface area (Å²) in [5.74, 6) is 0.341. The minimum absolute atomic E-state index is 0.0868. The molecular weight excluding hydrogens is 332 g/mol. The molecule has 0 saturated heterocycles. The average molecular weight is 354 g/mol. The summed E-state index contributed by atoms with van der Waals surface area (Å²) in [4.78, 5) is 26.2. The molecule has 0 aromatic heterocycles. The molecule has 0 saturated carbocycles. The normalized spacial score (nSPS) is 13.7. The number of ether oxygens (including phenoxy) is 2. The number of nitrogens with zero attached hydrogens (tertiary/aromatic N) is 1. The van der Waals surface area contributed by atoms with Gasteiger partial charge in [-0.2, -0.15) is 0 Å². The first kappa shape index (κ1) is 17.8. The van der Waals surface area contributed by atoms with Crippen LogP contribution in [-0.2, 0) is 11.2 Å². The third kappa shape index (κ3) is 3.96. The van der Waals surface area contributed by atoms with Gasteiger partial charge in [0.05, 0.1) is 5.56 Å². The Morgan fingerprint density at radius 3 is 2.54 bits per heavy atom. The first-order chi connectivity index (χ1) is 12.6. The van der Waals surface area contributed by atoms with Gasteiger partial charge in [0.15, 0.2) is 11.5 Å². The van der Waals surface area contributed by atoms with Gasteiger partial charge in [-0.3, -0.25) is 9.59 Å². The molecule has 1 aliphatic rings. The topological polar surface area (TPSA) is 81.9 Å². The number of primary amides is 1. The molecule has 0 unspecified atom stereocenters. The standard InChI is InChI=1S/C20H22N2O4/c1-22(15(13-18(21)23)12-14-6-3-2-4-7-14)20(24)16-8-5-9-17-19(16)26-11-10-25-17/h2-9,15H,10-13H2,1H3,(H2,21,23)/t15-/m0/s1. The number of carbonyl (C=O) groups is 2. The second-order valence-electron chi connectivity index (χ2n) is 6.26. The first-order valence-electron chi connectivity index (χ1n) is 8.54. The Morgan fingerprint density at radius 2 is 1.81 bits per heavy atom. The number of rotatable bonds is 6. The van der Waals surface area contributed by atoms with Crippen molar-refractivity contribution in [2.45, 2.75) is 18.9 Å². The zero-order valence-electron chi connectivity index (χ0n) is 14.7. The SMILES string of the molecule is CN(C(=O)c1cccc2c1OCCO2)[C@H](CC(N)=O)Cc1ccccc1. The number of hydrogen-bond acceptors (Lipinski definition) is 4. The molecule has 136 valence electrons. The second kappa shape index (κ2) is 7.91. The lowest BCUT2D eigenvalue weighted by Crippen LogP contribution is -2.41. The highest BCUT2D eigenvalue weighted by molar-refractivity contribution is 5.98. The highest BCUT2D eigenvalue weighted by Gasteiger charge is 2.27. The maximum absolute atomic E-state index is 13.1. The van der Waals surface area contributed by atoms with E-state index >= 15 is 0 Å². The fraction of sp³-hybridized carbons (Fsp3) is 0.300. The molecular formula is C20H22N2O4. The van der Waals surface area contributed by atoms with Crippen molar-refractivity contribution < 1.29 is 19.1 Å². The molecule has 1 heterocycles. The molecule has 6 heteroatoms. The maximum Gasteiger partial charge on any atom is 0.257 e. The predicted molar refractivity (Wildman–Crippen MR) is 97.3 cm³/mol. The summed E-state index contributed by atoms with van der Waals surface area (Å²) >= 11 is 0. The van der Waals surface area contributed by atoms with Crippen LogP contribution in [-0.4, -0.2) is 43.0 Å². The van der Waals surface area contributed by atoms with Crippen molar-refractivity contribution in [2.75, 3.05) is 20.3 Å². The Hall–Kier alpha value is -3.02. The molecule has 0 fully saturated rings. The minimum atomic E-state index is -0.444. The molecule has 3 rings (SSSR count). The molecule has 0 spiro atoms. The van der Waals surface area contributed by atoms with Crippen LogP contribution in [0.4, 0.5) is 0 Å². The number of fused-ring (bicyclic) bond motifs is 1. The monoisotopic (exact) mass is 354 g/mol. The molecule has 1 atom stereocenters. The molecule has 2 aromatic carbocycles. The van der Waals surface area contributed by atoms with Gasteiger partial charge in [0.1, 0.15) is 13.2 Å². The number of likely N-dealkylation sites (N-methyl/N-ethyl adjacent to an activating group) is 1. The summed E-state index contributed by atoms with van der Waals surface area (Å²) in [6.45, 7) is 0.856. The highest BCUT2D eigenvalue weighted by atomic mass is 16.6. The third-order valence-corrected chi connectivity index (χ3v) is 4.42. The molecule has 6 nitrogen and oxygen atoms in total. The lowest BCUT2D eigenvalue weighted by atomic mass is 10.0. The molecule has 2 amide bonds. The second-order valence-corrected chi connectivity index (χ2v) is 6.26. The van der Waals surface area contributed by atoms with Crippen LogP contribution in [0.25, 0.3) is 0 Å². The lowest BCUT2D eigenvalue weighted by Gasteiger charge is -2.29. The summed E-state index contributed by atoms with van der Waals surface area (Å²) in [5, 5.41) is 0. The Labute approximate surface area is 152 Å². The van der Waals surface area contributed by atoms with Crippen LogP contribution in [0.3, 0.4) is 0 Å². The van der Waals surface area contributed by atoms with E-state index in [0.717, 1.165) is 5.56 Å². The largest absolute Gasteiger partial charge is 0.486 e. The van der Waals surface area contributed by atoms with Crippen LogP contribution < -0.4 is 15.2 Å². The average Bonchev–Trinajstić information content (AvgIpc) is 2.66. The minimum Gasteiger partial charge on any atom is -0.486 e. The fourth-order valence-corrected chi connectivity index (χ4v) is 3.06. The van der Waals surface area contributed by atoms with Crippen molar-refractivity contribution in [2.24, 2.45) is 5.73 Å². The molecule has 1 aliphatic heterocycles. The van der Waals surface area contributed by atoms with Gasteiger partial charge in [-0.1, -0.05) is 36.4 Å². The zero-order valence-corrected chi connectivity index (χ0v) is 14.7. The maximum atomic E-state index is 13.1. The highest BCUT2D eigenvalue weighted by Crippen LogP contribution is 2.34. The number of carbonyl (C=O) groups excluding carboxylic acids is 2. The fourth-order valence-electron chi connectivity index (χ4n) is 3.06. The number of amides is 2. The van der Waals surface area contributed by atoms with Gasteiger partial charge in [-0.25, -0.2) is 0 Å². The van der Waals surface area contributed by atoms with E-state index < -0.39 is 5.91 Å². The molecule has 2 aromatic rings. The van der Waals surface area contributed by atoms with Gasteiger partial charge in [0.2, 0.25) is 5.91 Å². The van der Waals surface area contributed by atoms with E-state index in [4.69, 9.17) is 15.2 Å². The van der Waals surface area contributed by atoms with Gasteiger partial charge >= 0.3 is 0 Å². The van der Waals surface area contributed by atoms with Crippen molar-refractivity contribution >= 4 is 11.8 Å². The molecule has 26 heavy (non-hydrogen) atoms. The van der Waals surface area contributed by atoms with Gasteiger partial charge in [0.25, 0.3) is 5.91 Å². The van der Waals surface area contributed by atoms with E-state index in [2.05, 4.69) is 0 Å². The van der Waals surface area contributed by atoms with Crippen molar-refractivity contribution in [3.63, 3.8) is 0 Å². The Balaban J connectivity index is 1.85. The smallest absolute Gasteiger partial charge is 0.257 e. The van der Waals surface area contributed by atoms with Gasteiger partial charge < -0.3 is 20.1 Å². The first-order valence-corrected chi connectivity index (χ1v) is 8.54. The van der Waals surface area contributed by atoms with E-state index in [1.807, 2.05) is 30.3 Å². The third-order valence-electron chi connectivity index (χ3n) is 4.42. The van der Waals surface area contributed by atoms with Gasteiger partial charge in [-0.15, -0.1) is 0 Å². The summed E-state index contributed by atoms with van der Waals surface area (Å²) in [6, 6.07) is 14.6. The Morgan fingerprint density at radius 1 is 1.08 bits per heavy atom. The summed E-state index contributed by atoms with van der Waals surface area (Å²) in [5.41, 5.74) is 6.87. The Kier molecular flexibility index (Phi) is 5.41. The van der Waals surface area contributed by atoms with E-state index in [9.17, 15) is 9.59 Å². The van der Waals surface area contributed by atoms with Crippen molar-refractivity contribution in [3.05, 3.63) is 59.7 Å². The molecule has 0 bridgehead atoms. The number of nitrogens with two attached hydrogens (primary N) is 1. The van der Waals surface area contributed by atoms with Crippen molar-refractivity contribution in [1.82, 2.24) is 4.90 Å². The van der Waals surface area contributed by atoms with Gasteiger partial charge in [0, 0.05) is 19.5 Å². The van der Waals surface area contributed by atoms with E-state index in [1.54, 1.807) is 30.1 Å². The summed E-state index contributed by atoms with van der Waals surface area (Å²) in [7, 11) is 1.68. The number of benzene rings is 2. The van der Waals surface area contributed by atoms with E-state index in [0.29, 0.717) is 36.7 Å². The molecule has 2 N–H and O–H groups in total. The molecule has 0 radical (unpaired) electrons. The number of hydrogen-bond donors (Lipinski definition) is 1. The van der Waals surface area contributed by atoms with Crippen LogP contribution in [0.1, 0.15) is 22.3 Å². The van der Waals surface area contributed by atoms with Crippen LogP contribution in [0, 0.1) is 0 Å². The van der Waals surface area contributed by atoms with Crippen molar-refractivity contribution in [3.8, 4) is 11.5 Å². The van der Waals surface area contributed by atoms with Crippen LogP contribution >= 0.6 is 0 Å². The van der Waals surface area contributed by atoms with Crippen LogP contribution in [0.5, 0.6) is 11.5 Å². The summed E-state index contributed by atoms with van der Waals surface area (Å²) < 4.78 is 11.2. The van der Waals surface area contributed by atoms with Crippen LogP contribution in [0.15, 0.2) is 48.5 Å². The van der Waals surface area contributed by atoms with Crippen molar-refractivity contribution in [1.29, 1.82) is 0 Å². The van der Waals surface area contributed by atoms with E-state index in [1.165, 1.54) is 0 Å². The summed E-state index contributed by atoms with van der Waals surface area (Å²) in [6.07, 6.45) is 0.627. The van der Waals surface area contributed by atoms with E-state index in [-0.39, 0.29) is 18.4 Å². The quantitative estimate of drug-likeness (QED) is 0.860. The molecule has 0 aliphatic carbocycles. The Bertz CT molecular complexity index is 792. The number of para-hydroxylation sites is 1. The van der Waals surface area contributed by atoms with Crippen LogP contribution in [0.2, 0.25) is 0 Å². The zero-order chi connectivity index (χ0) is 18.5.